The Morgan fingerprint density at radius 1 is 1.35 bits per heavy atom. The largest absolute Gasteiger partial charge is 0.292 e. The number of hydrogen-bond acceptors (Lipinski definition) is 3. The summed E-state index contributed by atoms with van der Waals surface area (Å²) >= 11 is 3.28. The molecule has 5 heteroatoms. The molecule has 0 saturated heterocycles. The third kappa shape index (κ3) is 2.94. The molecular weight excluding hydrogens is 287 g/mol. The van der Waals surface area contributed by atoms with Crippen molar-refractivity contribution < 1.29 is 9.18 Å². The summed E-state index contributed by atoms with van der Waals surface area (Å²) < 4.78 is 13.7. The number of rotatable bonds is 3. The number of aromatic nitrogens is 2. The summed E-state index contributed by atoms with van der Waals surface area (Å²) in [6.45, 7) is 0. The fourth-order valence-corrected chi connectivity index (χ4v) is 1.77. The minimum atomic E-state index is -0.366. The number of halogens is 2. The molecule has 0 fully saturated rings. The van der Waals surface area contributed by atoms with E-state index in [2.05, 4.69) is 25.9 Å². The van der Waals surface area contributed by atoms with Crippen LogP contribution in [0.2, 0.25) is 0 Å². The Kier molecular flexibility index (Phi) is 3.58. The van der Waals surface area contributed by atoms with Crippen molar-refractivity contribution in [3.05, 3.63) is 58.3 Å². The molecule has 0 aliphatic carbocycles. The van der Waals surface area contributed by atoms with Crippen LogP contribution in [0.5, 0.6) is 0 Å². The smallest absolute Gasteiger partial charge is 0.187 e. The van der Waals surface area contributed by atoms with E-state index in [0.29, 0.717) is 10.0 Å². The molecule has 17 heavy (non-hydrogen) atoms. The first-order chi connectivity index (χ1) is 8.16. The van der Waals surface area contributed by atoms with E-state index in [1.165, 1.54) is 30.7 Å². The molecule has 3 nitrogen and oxygen atoms in total. The van der Waals surface area contributed by atoms with Gasteiger partial charge in [-0.2, -0.15) is 0 Å². The van der Waals surface area contributed by atoms with Crippen LogP contribution >= 0.6 is 15.9 Å². The topological polar surface area (TPSA) is 42.9 Å². The number of carbonyl (C=O) groups is 1. The van der Waals surface area contributed by atoms with Gasteiger partial charge in [-0.1, -0.05) is 15.9 Å². The molecule has 1 aromatic heterocycles. The predicted octanol–water partition coefficient (Wildman–Crippen LogP) is 2.80. The van der Waals surface area contributed by atoms with Crippen LogP contribution in [0, 0.1) is 5.82 Å². The van der Waals surface area contributed by atoms with Crippen LogP contribution in [0.1, 0.15) is 16.1 Å². The fraction of sp³-hybridized carbons (Fsp3) is 0.0833. The Morgan fingerprint density at radius 3 is 2.88 bits per heavy atom. The second-order valence-corrected chi connectivity index (χ2v) is 4.28. The maximum absolute atomic E-state index is 13.0. The lowest BCUT2D eigenvalue weighted by Crippen LogP contribution is -2.06. The molecule has 1 heterocycles. The highest BCUT2D eigenvalue weighted by molar-refractivity contribution is 9.10. The number of benzene rings is 1. The molecule has 0 atom stereocenters. The fourth-order valence-electron chi connectivity index (χ4n) is 1.39. The normalized spacial score (nSPS) is 10.2. The predicted molar refractivity (Wildman–Crippen MR) is 64.2 cm³/mol. The summed E-state index contributed by atoms with van der Waals surface area (Å²) in [5.74, 6) is -0.556. The number of Topliss-reactive ketones (excluding diaryl/α,β-unsaturated/α-hetero) is 1. The highest BCUT2D eigenvalue weighted by Crippen LogP contribution is 2.19. The van der Waals surface area contributed by atoms with E-state index in [4.69, 9.17) is 0 Å². The van der Waals surface area contributed by atoms with Crippen LogP contribution in [0.15, 0.2) is 41.3 Å². The summed E-state index contributed by atoms with van der Waals surface area (Å²) in [6, 6.07) is 4.24. The zero-order valence-electron chi connectivity index (χ0n) is 8.73. The Morgan fingerprint density at radius 2 is 2.18 bits per heavy atom. The van der Waals surface area contributed by atoms with Crippen molar-refractivity contribution in [2.24, 2.45) is 0 Å². The molecule has 0 N–H and O–H groups in total. The molecule has 0 aliphatic heterocycles. The first kappa shape index (κ1) is 11.9. The van der Waals surface area contributed by atoms with Crippen LogP contribution < -0.4 is 0 Å². The quantitative estimate of drug-likeness (QED) is 0.818. The lowest BCUT2D eigenvalue weighted by atomic mass is 10.1. The highest BCUT2D eigenvalue weighted by atomic mass is 79.9. The standard InChI is InChI=1S/C12H8BrFN2O/c13-10-2-1-9(14)5-8(10)6-12(17)11-7-15-3-4-16-11/h1-5,7H,6H2. The molecule has 2 rings (SSSR count). The summed E-state index contributed by atoms with van der Waals surface area (Å²) in [4.78, 5) is 19.6. The molecule has 0 radical (unpaired) electrons. The minimum Gasteiger partial charge on any atom is -0.292 e. The number of carbonyl (C=O) groups excluding carboxylic acids is 1. The van der Waals surface area contributed by atoms with Crippen molar-refractivity contribution in [3.63, 3.8) is 0 Å². The van der Waals surface area contributed by atoms with Crippen molar-refractivity contribution >= 4 is 21.7 Å². The maximum atomic E-state index is 13.0. The summed E-state index contributed by atoms with van der Waals surface area (Å²) in [5, 5.41) is 0. The molecule has 2 aromatic rings. The van der Waals surface area contributed by atoms with E-state index >= 15 is 0 Å². The van der Waals surface area contributed by atoms with E-state index in [-0.39, 0.29) is 23.7 Å². The van der Waals surface area contributed by atoms with E-state index in [1.54, 1.807) is 6.07 Å². The van der Waals surface area contributed by atoms with Crippen LogP contribution in [0.3, 0.4) is 0 Å². The Hall–Kier alpha value is -1.62. The zero-order chi connectivity index (χ0) is 12.3. The SMILES string of the molecule is O=C(Cc1cc(F)ccc1Br)c1cnccn1. The van der Waals surface area contributed by atoms with Crippen LogP contribution in [0.25, 0.3) is 0 Å². The first-order valence-corrected chi connectivity index (χ1v) is 5.69. The van der Waals surface area contributed by atoms with E-state index in [1.807, 2.05) is 0 Å². The summed E-state index contributed by atoms with van der Waals surface area (Å²) in [6.07, 6.45) is 4.44. The van der Waals surface area contributed by atoms with Gasteiger partial charge in [0.2, 0.25) is 0 Å². The average molecular weight is 295 g/mol. The van der Waals surface area contributed by atoms with Crippen LogP contribution in [-0.2, 0) is 6.42 Å². The Balaban J connectivity index is 2.22. The lowest BCUT2D eigenvalue weighted by Gasteiger charge is -2.03. The van der Waals surface area contributed by atoms with Crippen molar-refractivity contribution in [1.82, 2.24) is 9.97 Å². The third-order valence-corrected chi connectivity index (χ3v) is 2.98. The molecule has 1 aromatic carbocycles. The van der Waals surface area contributed by atoms with Gasteiger partial charge in [0.05, 0.1) is 6.20 Å². The van der Waals surface area contributed by atoms with E-state index in [9.17, 15) is 9.18 Å². The van der Waals surface area contributed by atoms with Gasteiger partial charge in [-0.3, -0.25) is 9.78 Å². The molecule has 0 saturated carbocycles. The van der Waals surface area contributed by atoms with Crippen molar-refractivity contribution in [2.75, 3.05) is 0 Å². The molecule has 0 unspecified atom stereocenters. The van der Waals surface area contributed by atoms with Gasteiger partial charge in [-0.25, -0.2) is 9.37 Å². The van der Waals surface area contributed by atoms with Gasteiger partial charge in [0.15, 0.2) is 5.78 Å². The Bertz CT molecular complexity index is 545. The maximum Gasteiger partial charge on any atom is 0.187 e. The summed E-state index contributed by atoms with van der Waals surface area (Å²) in [7, 11) is 0. The van der Waals surface area contributed by atoms with Crippen molar-refractivity contribution in [3.8, 4) is 0 Å². The van der Waals surface area contributed by atoms with Gasteiger partial charge in [0.1, 0.15) is 11.5 Å². The third-order valence-electron chi connectivity index (χ3n) is 2.21. The summed E-state index contributed by atoms with van der Waals surface area (Å²) in [5.41, 5.74) is 0.879. The van der Waals surface area contributed by atoms with E-state index in [0.717, 1.165) is 0 Å². The molecule has 0 aliphatic rings. The molecular formula is C12H8BrFN2O. The van der Waals surface area contributed by atoms with Gasteiger partial charge < -0.3 is 0 Å². The van der Waals surface area contributed by atoms with Crippen molar-refractivity contribution in [2.45, 2.75) is 6.42 Å². The lowest BCUT2D eigenvalue weighted by molar-refractivity contribution is 0.0987. The van der Waals surface area contributed by atoms with Crippen LogP contribution in [-0.4, -0.2) is 15.8 Å². The number of ketones is 1. The Labute approximate surface area is 106 Å². The number of nitrogens with zero attached hydrogens (tertiary/aromatic N) is 2. The first-order valence-electron chi connectivity index (χ1n) is 4.90. The zero-order valence-corrected chi connectivity index (χ0v) is 10.3. The van der Waals surface area contributed by atoms with Gasteiger partial charge in [0.25, 0.3) is 0 Å². The van der Waals surface area contributed by atoms with Gasteiger partial charge in [-0.05, 0) is 23.8 Å². The number of hydrogen-bond donors (Lipinski definition) is 0. The highest BCUT2D eigenvalue weighted by Gasteiger charge is 2.11. The van der Waals surface area contributed by atoms with Crippen molar-refractivity contribution in [1.29, 1.82) is 0 Å². The molecule has 0 spiro atoms. The molecule has 0 bridgehead atoms. The van der Waals surface area contributed by atoms with Crippen LogP contribution in [0.4, 0.5) is 4.39 Å². The molecule has 0 amide bonds. The second kappa shape index (κ2) is 5.14. The van der Waals surface area contributed by atoms with E-state index < -0.39 is 0 Å². The average Bonchev–Trinajstić information content (AvgIpc) is 2.35. The van der Waals surface area contributed by atoms with Gasteiger partial charge in [-0.15, -0.1) is 0 Å². The monoisotopic (exact) mass is 294 g/mol. The second-order valence-electron chi connectivity index (χ2n) is 3.43. The van der Waals surface area contributed by atoms with Gasteiger partial charge >= 0.3 is 0 Å². The molecule has 86 valence electrons. The minimum absolute atomic E-state index is 0.0943. The van der Waals surface area contributed by atoms with Gasteiger partial charge in [0, 0.05) is 23.3 Å².